The first-order chi connectivity index (χ1) is 7.24. The summed E-state index contributed by atoms with van der Waals surface area (Å²) in [5.41, 5.74) is 0. The van der Waals surface area contributed by atoms with Gasteiger partial charge in [0, 0.05) is 38.3 Å². The van der Waals surface area contributed by atoms with Crippen LogP contribution < -0.4 is 5.32 Å². The van der Waals surface area contributed by atoms with Gasteiger partial charge in [0.05, 0.1) is 0 Å². The van der Waals surface area contributed by atoms with Crippen molar-refractivity contribution in [2.24, 2.45) is 0 Å². The molecule has 86 valence electrons. The standard InChI is InChI=1S/C11H21N3O/c1-3-9(2)13-6-4-10-8-12-5-7-14(10)11(13)15/h9-10,12H,3-8H2,1-2H3. The number of carbonyl (C=O) groups excluding carboxylic acids is 1. The molecule has 0 aromatic heterocycles. The molecule has 2 rings (SSSR count). The van der Waals surface area contributed by atoms with Gasteiger partial charge < -0.3 is 15.1 Å². The number of rotatable bonds is 2. The van der Waals surface area contributed by atoms with Gasteiger partial charge in [0.1, 0.15) is 0 Å². The smallest absolute Gasteiger partial charge is 0.320 e. The Balaban J connectivity index is 2.04. The summed E-state index contributed by atoms with van der Waals surface area (Å²) in [5.74, 6) is 0. The maximum absolute atomic E-state index is 12.2. The van der Waals surface area contributed by atoms with Crippen molar-refractivity contribution in [1.82, 2.24) is 15.1 Å². The van der Waals surface area contributed by atoms with Gasteiger partial charge in [-0.15, -0.1) is 0 Å². The highest BCUT2D eigenvalue weighted by molar-refractivity contribution is 5.76. The van der Waals surface area contributed by atoms with E-state index in [1.807, 2.05) is 9.80 Å². The summed E-state index contributed by atoms with van der Waals surface area (Å²) in [6.07, 6.45) is 2.16. The predicted octanol–water partition coefficient (Wildman–Crippen LogP) is 0.884. The Morgan fingerprint density at radius 1 is 1.53 bits per heavy atom. The lowest BCUT2D eigenvalue weighted by atomic mass is 10.1. The largest absolute Gasteiger partial charge is 0.322 e. The van der Waals surface area contributed by atoms with Crippen LogP contribution in [0.15, 0.2) is 0 Å². The van der Waals surface area contributed by atoms with Gasteiger partial charge in [0.25, 0.3) is 0 Å². The molecule has 2 aliphatic rings. The minimum atomic E-state index is 0.252. The second-order valence-electron chi connectivity index (χ2n) is 4.57. The second kappa shape index (κ2) is 4.39. The molecule has 2 amide bonds. The Kier molecular flexibility index (Phi) is 3.14. The molecule has 0 aromatic carbocycles. The minimum Gasteiger partial charge on any atom is -0.322 e. The molecular formula is C11H21N3O. The molecule has 0 spiro atoms. The molecule has 2 heterocycles. The fourth-order valence-corrected chi connectivity index (χ4v) is 2.45. The second-order valence-corrected chi connectivity index (χ2v) is 4.57. The fraction of sp³-hybridized carbons (Fsp3) is 0.909. The average Bonchev–Trinajstić information content (AvgIpc) is 2.29. The molecular weight excluding hydrogens is 190 g/mol. The number of piperazine rings is 1. The van der Waals surface area contributed by atoms with Crippen molar-refractivity contribution in [3.05, 3.63) is 0 Å². The van der Waals surface area contributed by atoms with Crippen molar-refractivity contribution in [2.75, 3.05) is 26.2 Å². The lowest BCUT2D eigenvalue weighted by Crippen LogP contribution is -2.62. The van der Waals surface area contributed by atoms with Gasteiger partial charge in [0.2, 0.25) is 0 Å². The maximum Gasteiger partial charge on any atom is 0.320 e. The first-order valence-corrected chi connectivity index (χ1v) is 6.02. The summed E-state index contributed by atoms with van der Waals surface area (Å²) >= 11 is 0. The summed E-state index contributed by atoms with van der Waals surface area (Å²) in [7, 11) is 0. The van der Waals surface area contributed by atoms with Crippen LogP contribution in [0.4, 0.5) is 4.79 Å². The van der Waals surface area contributed by atoms with Gasteiger partial charge in [-0.05, 0) is 19.8 Å². The average molecular weight is 211 g/mol. The summed E-state index contributed by atoms with van der Waals surface area (Å²) in [4.78, 5) is 16.3. The number of hydrogen-bond acceptors (Lipinski definition) is 2. The van der Waals surface area contributed by atoms with E-state index in [0.29, 0.717) is 12.1 Å². The zero-order valence-electron chi connectivity index (χ0n) is 9.70. The molecule has 0 bridgehead atoms. The molecule has 0 radical (unpaired) electrons. The SMILES string of the molecule is CCC(C)N1CCC2CNCCN2C1=O. The molecule has 2 fully saturated rings. The van der Waals surface area contributed by atoms with E-state index in [1.165, 1.54) is 0 Å². The number of nitrogens with zero attached hydrogens (tertiary/aromatic N) is 2. The van der Waals surface area contributed by atoms with Crippen LogP contribution in [0.2, 0.25) is 0 Å². The van der Waals surface area contributed by atoms with Gasteiger partial charge in [0.15, 0.2) is 0 Å². The molecule has 2 unspecified atom stereocenters. The van der Waals surface area contributed by atoms with Crippen molar-refractivity contribution >= 4 is 6.03 Å². The zero-order valence-corrected chi connectivity index (χ0v) is 9.70. The molecule has 0 aliphatic carbocycles. The quantitative estimate of drug-likeness (QED) is 0.736. The molecule has 15 heavy (non-hydrogen) atoms. The lowest BCUT2D eigenvalue weighted by molar-refractivity contribution is 0.0709. The van der Waals surface area contributed by atoms with E-state index in [2.05, 4.69) is 19.2 Å². The maximum atomic E-state index is 12.2. The van der Waals surface area contributed by atoms with E-state index >= 15 is 0 Å². The van der Waals surface area contributed by atoms with Crippen LogP contribution in [0.25, 0.3) is 0 Å². The predicted molar refractivity (Wildman–Crippen MR) is 59.8 cm³/mol. The van der Waals surface area contributed by atoms with E-state index in [4.69, 9.17) is 0 Å². The monoisotopic (exact) mass is 211 g/mol. The molecule has 4 nitrogen and oxygen atoms in total. The van der Waals surface area contributed by atoms with Crippen molar-refractivity contribution < 1.29 is 4.79 Å². The lowest BCUT2D eigenvalue weighted by Gasteiger charge is -2.46. The third-order valence-corrected chi connectivity index (χ3v) is 3.67. The van der Waals surface area contributed by atoms with Crippen molar-refractivity contribution in [1.29, 1.82) is 0 Å². The van der Waals surface area contributed by atoms with Crippen LogP contribution in [0.3, 0.4) is 0 Å². The molecule has 1 N–H and O–H groups in total. The van der Waals surface area contributed by atoms with Crippen LogP contribution in [0.1, 0.15) is 26.7 Å². The highest BCUT2D eigenvalue weighted by Crippen LogP contribution is 2.20. The van der Waals surface area contributed by atoms with E-state index in [0.717, 1.165) is 39.0 Å². The van der Waals surface area contributed by atoms with Gasteiger partial charge >= 0.3 is 6.03 Å². The molecule has 0 aromatic rings. The Morgan fingerprint density at radius 3 is 3.07 bits per heavy atom. The Morgan fingerprint density at radius 2 is 2.33 bits per heavy atom. The van der Waals surface area contributed by atoms with Gasteiger partial charge in [-0.25, -0.2) is 4.79 Å². The van der Waals surface area contributed by atoms with E-state index in [9.17, 15) is 4.79 Å². The first kappa shape index (κ1) is 10.7. The van der Waals surface area contributed by atoms with Gasteiger partial charge in [-0.1, -0.05) is 6.92 Å². The number of amides is 2. The topological polar surface area (TPSA) is 35.6 Å². The number of hydrogen-bond donors (Lipinski definition) is 1. The first-order valence-electron chi connectivity index (χ1n) is 6.02. The third-order valence-electron chi connectivity index (χ3n) is 3.67. The summed E-state index contributed by atoms with van der Waals surface area (Å²) < 4.78 is 0. The molecule has 4 heteroatoms. The van der Waals surface area contributed by atoms with Gasteiger partial charge in [-0.3, -0.25) is 0 Å². The Bertz CT molecular complexity index is 240. The minimum absolute atomic E-state index is 0.252. The van der Waals surface area contributed by atoms with Crippen molar-refractivity contribution in [3.8, 4) is 0 Å². The van der Waals surface area contributed by atoms with Crippen LogP contribution in [0.5, 0.6) is 0 Å². The zero-order chi connectivity index (χ0) is 10.8. The van der Waals surface area contributed by atoms with Crippen molar-refractivity contribution in [2.45, 2.75) is 38.8 Å². The van der Waals surface area contributed by atoms with E-state index < -0.39 is 0 Å². The molecule has 2 saturated heterocycles. The highest BCUT2D eigenvalue weighted by Gasteiger charge is 2.35. The van der Waals surface area contributed by atoms with Crippen LogP contribution in [-0.4, -0.2) is 54.1 Å². The normalized spacial score (nSPS) is 28.9. The number of nitrogens with one attached hydrogen (secondary N) is 1. The highest BCUT2D eigenvalue weighted by atomic mass is 16.2. The van der Waals surface area contributed by atoms with Crippen LogP contribution in [-0.2, 0) is 0 Å². The fourth-order valence-electron chi connectivity index (χ4n) is 2.45. The van der Waals surface area contributed by atoms with E-state index in [1.54, 1.807) is 0 Å². The molecule has 0 saturated carbocycles. The number of fused-ring (bicyclic) bond motifs is 1. The van der Waals surface area contributed by atoms with E-state index in [-0.39, 0.29) is 6.03 Å². The number of urea groups is 1. The molecule has 2 aliphatic heterocycles. The molecule has 2 atom stereocenters. The Labute approximate surface area is 91.6 Å². The Hall–Kier alpha value is -0.770. The summed E-state index contributed by atoms with van der Waals surface area (Å²) in [5, 5.41) is 3.35. The van der Waals surface area contributed by atoms with Crippen LogP contribution in [0, 0.1) is 0 Å². The van der Waals surface area contributed by atoms with Crippen LogP contribution >= 0.6 is 0 Å². The summed E-state index contributed by atoms with van der Waals surface area (Å²) in [6.45, 7) is 7.99. The summed E-state index contributed by atoms with van der Waals surface area (Å²) in [6, 6.07) is 1.07. The third kappa shape index (κ3) is 1.95. The van der Waals surface area contributed by atoms with Gasteiger partial charge in [-0.2, -0.15) is 0 Å². The van der Waals surface area contributed by atoms with Crippen molar-refractivity contribution in [3.63, 3.8) is 0 Å². The number of carbonyl (C=O) groups is 1.